The van der Waals surface area contributed by atoms with Crippen LogP contribution in [0.3, 0.4) is 0 Å². The smallest absolute Gasteiger partial charge is 0.199 e. The molecule has 0 atom stereocenters. The topological polar surface area (TPSA) is 47.8 Å². The third-order valence-electron chi connectivity index (χ3n) is 1.94. The van der Waals surface area contributed by atoms with Crippen LogP contribution in [0, 0.1) is 0 Å². The second kappa shape index (κ2) is 3.82. The van der Waals surface area contributed by atoms with Gasteiger partial charge in [-0.1, -0.05) is 23.7 Å². The largest absolute Gasteiger partial charge is 0.291 e. The number of halogens is 1. The minimum absolute atomic E-state index is 0.146. The summed E-state index contributed by atoms with van der Waals surface area (Å²) in [5.41, 5.74) is 0.655. The molecule has 0 spiro atoms. The van der Waals surface area contributed by atoms with Gasteiger partial charge in [-0.15, -0.1) is 0 Å². The van der Waals surface area contributed by atoms with Gasteiger partial charge in [-0.2, -0.15) is 5.10 Å². The van der Waals surface area contributed by atoms with Crippen LogP contribution in [0.15, 0.2) is 30.6 Å². The Kier molecular flexibility index (Phi) is 2.51. The molecule has 0 N–H and O–H groups in total. The van der Waals surface area contributed by atoms with Gasteiger partial charge >= 0.3 is 0 Å². The number of Topliss-reactive ketones (excluding diaryl/α,β-unsaturated/α-hetero) is 1. The molecule has 2 rings (SSSR count). The van der Waals surface area contributed by atoms with E-state index >= 15 is 0 Å². The van der Waals surface area contributed by atoms with E-state index in [-0.39, 0.29) is 11.6 Å². The van der Waals surface area contributed by atoms with Gasteiger partial charge in [0.05, 0.1) is 10.7 Å². The lowest BCUT2D eigenvalue weighted by atomic mass is 10.3. The van der Waals surface area contributed by atoms with Crippen molar-refractivity contribution in [3.8, 4) is 5.69 Å². The fraction of sp³-hybridized carbons (Fsp3) is 0.100. The number of aromatic nitrogens is 3. The molecule has 0 bridgehead atoms. The number of ketones is 1. The molecule has 0 saturated heterocycles. The van der Waals surface area contributed by atoms with Crippen molar-refractivity contribution in [2.75, 3.05) is 0 Å². The highest BCUT2D eigenvalue weighted by Gasteiger charge is 2.12. The maximum Gasteiger partial charge on any atom is 0.199 e. The van der Waals surface area contributed by atoms with E-state index < -0.39 is 0 Å². The summed E-state index contributed by atoms with van der Waals surface area (Å²) in [5.74, 6) is 0.135. The number of carbonyl (C=O) groups excluding carboxylic acids is 1. The first-order chi connectivity index (χ1) is 7.20. The van der Waals surface area contributed by atoms with E-state index in [2.05, 4.69) is 10.1 Å². The first-order valence-corrected chi connectivity index (χ1v) is 4.74. The molecule has 4 nitrogen and oxygen atoms in total. The van der Waals surface area contributed by atoms with Gasteiger partial charge < -0.3 is 0 Å². The summed E-state index contributed by atoms with van der Waals surface area (Å²) in [5, 5.41) is 4.50. The molecule has 0 amide bonds. The van der Waals surface area contributed by atoms with Crippen LogP contribution in [0.5, 0.6) is 0 Å². The standard InChI is InChI=1S/C10H8ClN3O/c1-7(15)10-12-6-13-14(10)9-5-3-2-4-8(9)11/h2-6H,1H3. The second-order valence-corrected chi connectivity index (χ2v) is 3.41. The summed E-state index contributed by atoms with van der Waals surface area (Å²) in [6, 6.07) is 7.16. The monoisotopic (exact) mass is 221 g/mol. The van der Waals surface area contributed by atoms with Crippen LogP contribution in [-0.2, 0) is 0 Å². The van der Waals surface area contributed by atoms with Gasteiger partial charge in [0.1, 0.15) is 6.33 Å². The summed E-state index contributed by atoms with van der Waals surface area (Å²) >= 11 is 5.99. The van der Waals surface area contributed by atoms with Gasteiger partial charge in [0.25, 0.3) is 0 Å². The zero-order valence-electron chi connectivity index (χ0n) is 8.01. The molecule has 0 aliphatic carbocycles. The summed E-state index contributed by atoms with van der Waals surface area (Å²) in [6.45, 7) is 1.44. The lowest BCUT2D eigenvalue weighted by molar-refractivity contribution is 0.100. The van der Waals surface area contributed by atoms with Crippen molar-refractivity contribution in [2.45, 2.75) is 6.92 Å². The average molecular weight is 222 g/mol. The Morgan fingerprint density at radius 2 is 2.13 bits per heavy atom. The van der Waals surface area contributed by atoms with E-state index in [1.54, 1.807) is 12.1 Å². The number of hydrogen-bond acceptors (Lipinski definition) is 3. The molecular weight excluding hydrogens is 214 g/mol. The van der Waals surface area contributed by atoms with Crippen LogP contribution in [-0.4, -0.2) is 20.5 Å². The lowest BCUT2D eigenvalue weighted by Crippen LogP contribution is -2.07. The molecule has 1 aromatic heterocycles. The molecule has 76 valence electrons. The van der Waals surface area contributed by atoms with E-state index in [0.717, 1.165) is 0 Å². The maximum atomic E-state index is 11.2. The highest BCUT2D eigenvalue weighted by Crippen LogP contribution is 2.19. The quantitative estimate of drug-likeness (QED) is 0.730. The number of benzene rings is 1. The minimum Gasteiger partial charge on any atom is -0.291 e. The third-order valence-corrected chi connectivity index (χ3v) is 2.26. The Morgan fingerprint density at radius 1 is 1.40 bits per heavy atom. The molecule has 2 aromatic rings. The van der Waals surface area contributed by atoms with Gasteiger partial charge in [-0.25, -0.2) is 9.67 Å². The highest BCUT2D eigenvalue weighted by molar-refractivity contribution is 6.32. The fourth-order valence-electron chi connectivity index (χ4n) is 1.28. The number of nitrogens with zero attached hydrogens (tertiary/aromatic N) is 3. The lowest BCUT2D eigenvalue weighted by Gasteiger charge is -2.04. The van der Waals surface area contributed by atoms with Crippen molar-refractivity contribution in [2.24, 2.45) is 0 Å². The van der Waals surface area contributed by atoms with E-state index in [1.807, 2.05) is 12.1 Å². The van der Waals surface area contributed by atoms with Crippen molar-refractivity contribution in [1.29, 1.82) is 0 Å². The summed E-state index contributed by atoms with van der Waals surface area (Å²) in [7, 11) is 0. The van der Waals surface area contributed by atoms with E-state index in [0.29, 0.717) is 10.7 Å². The zero-order chi connectivity index (χ0) is 10.8. The molecule has 0 aliphatic rings. The van der Waals surface area contributed by atoms with E-state index in [4.69, 9.17) is 11.6 Å². The molecule has 0 radical (unpaired) electrons. The minimum atomic E-state index is -0.146. The predicted molar refractivity (Wildman–Crippen MR) is 56.4 cm³/mol. The Bertz CT molecular complexity index is 507. The van der Waals surface area contributed by atoms with Crippen LogP contribution < -0.4 is 0 Å². The van der Waals surface area contributed by atoms with Crippen LogP contribution in [0.1, 0.15) is 17.5 Å². The molecule has 0 saturated carbocycles. The normalized spacial score (nSPS) is 10.3. The number of hydrogen-bond donors (Lipinski definition) is 0. The second-order valence-electron chi connectivity index (χ2n) is 3.00. The van der Waals surface area contributed by atoms with Crippen molar-refractivity contribution in [3.63, 3.8) is 0 Å². The van der Waals surface area contributed by atoms with Gasteiger partial charge in [0.15, 0.2) is 11.6 Å². The van der Waals surface area contributed by atoms with Gasteiger partial charge in [-0.05, 0) is 12.1 Å². The SMILES string of the molecule is CC(=O)c1ncnn1-c1ccccc1Cl. The number of carbonyl (C=O) groups is 1. The summed E-state index contributed by atoms with van der Waals surface area (Å²) in [4.78, 5) is 15.1. The zero-order valence-corrected chi connectivity index (χ0v) is 8.77. The van der Waals surface area contributed by atoms with Crippen LogP contribution in [0.4, 0.5) is 0 Å². The average Bonchev–Trinajstić information content (AvgIpc) is 2.67. The van der Waals surface area contributed by atoms with Crippen LogP contribution in [0.2, 0.25) is 5.02 Å². The summed E-state index contributed by atoms with van der Waals surface area (Å²) in [6.07, 6.45) is 1.33. The van der Waals surface area contributed by atoms with Gasteiger partial charge in [0.2, 0.25) is 0 Å². The van der Waals surface area contributed by atoms with Crippen LogP contribution in [0.25, 0.3) is 5.69 Å². The number of para-hydroxylation sites is 1. The molecule has 1 aromatic carbocycles. The maximum absolute atomic E-state index is 11.2. The molecule has 0 fully saturated rings. The van der Waals surface area contributed by atoms with Gasteiger partial charge in [0, 0.05) is 6.92 Å². The Balaban J connectivity index is 2.59. The molecule has 1 heterocycles. The van der Waals surface area contributed by atoms with E-state index in [9.17, 15) is 4.79 Å². The summed E-state index contributed by atoms with van der Waals surface area (Å²) < 4.78 is 1.44. The first-order valence-electron chi connectivity index (χ1n) is 4.36. The molecular formula is C10H8ClN3O. The van der Waals surface area contributed by atoms with Crippen LogP contribution >= 0.6 is 11.6 Å². The Morgan fingerprint density at radius 3 is 2.80 bits per heavy atom. The van der Waals surface area contributed by atoms with Crippen molar-refractivity contribution in [1.82, 2.24) is 14.8 Å². The molecule has 0 aliphatic heterocycles. The highest BCUT2D eigenvalue weighted by atomic mass is 35.5. The Labute approximate surface area is 91.5 Å². The van der Waals surface area contributed by atoms with Gasteiger partial charge in [-0.3, -0.25) is 4.79 Å². The number of rotatable bonds is 2. The Hall–Kier alpha value is -1.68. The van der Waals surface area contributed by atoms with E-state index in [1.165, 1.54) is 17.9 Å². The third kappa shape index (κ3) is 1.76. The van der Waals surface area contributed by atoms with Crippen molar-refractivity contribution >= 4 is 17.4 Å². The predicted octanol–water partition coefficient (Wildman–Crippen LogP) is 2.12. The fourth-order valence-corrected chi connectivity index (χ4v) is 1.50. The van der Waals surface area contributed by atoms with Crippen molar-refractivity contribution in [3.05, 3.63) is 41.4 Å². The van der Waals surface area contributed by atoms with Crippen molar-refractivity contribution < 1.29 is 4.79 Å². The first kappa shape index (κ1) is 9.86. The molecule has 5 heteroatoms. The molecule has 0 unspecified atom stereocenters. The molecule has 15 heavy (non-hydrogen) atoms.